The van der Waals surface area contributed by atoms with Gasteiger partial charge in [0.1, 0.15) is 0 Å². The molecule has 0 spiro atoms. The molecule has 1 aromatic rings. The summed E-state index contributed by atoms with van der Waals surface area (Å²) >= 11 is 12.4. The highest BCUT2D eigenvalue weighted by atomic mass is 35.5. The van der Waals surface area contributed by atoms with Crippen molar-refractivity contribution in [3.63, 3.8) is 0 Å². The summed E-state index contributed by atoms with van der Waals surface area (Å²) in [5.41, 5.74) is 1.13. The highest BCUT2D eigenvalue weighted by Crippen LogP contribution is 2.24. The van der Waals surface area contributed by atoms with E-state index >= 15 is 0 Å². The molecule has 2 nitrogen and oxygen atoms in total. The van der Waals surface area contributed by atoms with Crippen molar-refractivity contribution in [3.05, 3.63) is 33.8 Å². The molecule has 2 atom stereocenters. The second kappa shape index (κ2) is 8.99. The molecule has 2 unspecified atom stereocenters. The van der Waals surface area contributed by atoms with Gasteiger partial charge in [-0.25, -0.2) is 0 Å². The van der Waals surface area contributed by atoms with E-state index in [9.17, 15) is 0 Å². The van der Waals surface area contributed by atoms with E-state index < -0.39 is 0 Å². The Bertz CT molecular complexity index is 433. The largest absolute Gasteiger partial charge is 0.378 e. The molecule has 1 saturated heterocycles. The molecule has 4 heteroatoms. The lowest BCUT2D eigenvalue weighted by Crippen LogP contribution is -2.32. The third-order valence-electron chi connectivity index (χ3n) is 4.02. The number of rotatable bonds is 8. The molecule has 0 radical (unpaired) electrons. The monoisotopic (exact) mass is 329 g/mol. The van der Waals surface area contributed by atoms with E-state index in [-0.39, 0.29) is 0 Å². The Labute approximate surface area is 138 Å². The second-order valence-electron chi connectivity index (χ2n) is 5.80. The van der Waals surface area contributed by atoms with E-state index in [0.29, 0.717) is 12.1 Å². The van der Waals surface area contributed by atoms with Gasteiger partial charge in [-0.2, -0.15) is 0 Å². The summed E-state index contributed by atoms with van der Waals surface area (Å²) in [5, 5.41) is 5.19. The number of nitrogens with one attached hydrogen (secondary N) is 1. The molecule has 0 saturated carbocycles. The first-order chi connectivity index (χ1) is 10.2. The van der Waals surface area contributed by atoms with Gasteiger partial charge in [-0.1, -0.05) is 30.1 Å². The predicted octanol–water partition coefficient (Wildman–Crippen LogP) is 4.86. The molecule has 1 aliphatic heterocycles. The molecule has 1 N–H and O–H groups in total. The first-order valence-electron chi connectivity index (χ1n) is 7.98. The molecule has 0 amide bonds. The topological polar surface area (TPSA) is 21.3 Å². The minimum absolute atomic E-state index is 0.435. The lowest BCUT2D eigenvalue weighted by atomic mass is 9.99. The van der Waals surface area contributed by atoms with Crippen LogP contribution in [0.5, 0.6) is 0 Å². The third kappa shape index (κ3) is 5.78. The van der Waals surface area contributed by atoms with Crippen LogP contribution in [0.25, 0.3) is 0 Å². The molecule has 1 aromatic carbocycles. The molecule has 0 aliphatic carbocycles. The Morgan fingerprint density at radius 1 is 1.38 bits per heavy atom. The van der Waals surface area contributed by atoms with E-state index in [1.165, 1.54) is 12.8 Å². The average molecular weight is 330 g/mol. The van der Waals surface area contributed by atoms with Gasteiger partial charge >= 0.3 is 0 Å². The Morgan fingerprint density at radius 2 is 2.24 bits per heavy atom. The van der Waals surface area contributed by atoms with Gasteiger partial charge in [0.15, 0.2) is 0 Å². The van der Waals surface area contributed by atoms with Crippen LogP contribution in [0.15, 0.2) is 18.2 Å². The van der Waals surface area contributed by atoms with Crippen LogP contribution in [0.3, 0.4) is 0 Å². The van der Waals surface area contributed by atoms with E-state index in [0.717, 1.165) is 54.4 Å². The van der Waals surface area contributed by atoms with Crippen LogP contribution in [0.4, 0.5) is 0 Å². The molecule has 1 aliphatic rings. The van der Waals surface area contributed by atoms with Gasteiger partial charge in [0.25, 0.3) is 0 Å². The van der Waals surface area contributed by atoms with E-state index in [4.69, 9.17) is 27.9 Å². The molecule has 1 heterocycles. The van der Waals surface area contributed by atoms with Crippen molar-refractivity contribution in [1.82, 2.24) is 5.32 Å². The maximum atomic E-state index is 6.29. The summed E-state index contributed by atoms with van der Waals surface area (Å²) in [7, 11) is 0. The summed E-state index contributed by atoms with van der Waals surface area (Å²) in [6, 6.07) is 6.14. The fourth-order valence-corrected chi connectivity index (χ4v) is 3.24. The van der Waals surface area contributed by atoms with Gasteiger partial charge in [0.05, 0.1) is 6.10 Å². The molecule has 2 rings (SSSR count). The first kappa shape index (κ1) is 17.1. The SMILES string of the molecule is CCCNC(CCC1CCCO1)Cc1cc(Cl)ccc1Cl. The number of halogens is 2. The van der Waals surface area contributed by atoms with Crippen molar-refractivity contribution in [2.45, 2.75) is 57.6 Å². The Morgan fingerprint density at radius 3 is 2.95 bits per heavy atom. The lowest BCUT2D eigenvalue weighted by molar-refractivity contribution is 0.0995. The van der Waals surface area contributed by atoms with Crippen LogP contribution in [0, 0.1) is 0 Å². The number of ether oxygens (including phenoxy) is 1. The predicted molar refractivity (Wildman–Crippen MR) is 90.5 cm³/mol. The molecule has 0 bridgehead atoms. The molecule has 118 valence electrons. The zero-order valence-electron chi connectivity index (χ0n) is 12.7. The molecular weight excluding hydrogens is 305 g/mol. The van der Waals surface area contributed by atoms with Gasteiger partial charge in [-0.05, 0) is 68.8 Å². The van der Waals surface area contributed by atoms with Crippen molar-refractivity contribution in [1.29, 1.82) is 0 Å². The summed E-state index contributed by atoms with van der Waals surface area (Å²) in [6.45, 7) is 4.16. The summed E-state index contributed by atoms with van der Waals surface area (Å²) in [6.07, 6.45) is 7.17. The summed E-state index contributed by atoms with van der Waals surface area (Å²) in [5.74, 6) is 0. The van der Waals surface area contributed by atoms with Gasteiger partial charge < -0.3 is 10.1 Å². The van der Waals surface area contributed by atoms with Gasteiger partial charge in [0, 0.05) is 22.7 Å². The minimum Gasteiger partial charge on any atom is -0.378 e. The normalized spacial score (nSPS) is 19.9. The fraction of sp³-hybridized carbons (Fsp3) is 0.647. The van der Waals surface area contributed by atoms with Gasteiger partial charge in [0.2, 0.25) is 0 Å². The lowest BCUT2D eigenvalue weighted by Gasteiger charge is -2.21. The summed E-state index contributed by atoms with van der Waals surface area (Å²) < 4.78 is 5.73. The minimum atomic E-state index is 0.435. The number of benzene rings is 1. The van der Waals surface area contributed by atoms with Crippen molar-refractivity contribution < 1.29 is 4.74 Å². The molecule has 21 heavy (non-hydrogen) atoms. The second-order valence-corrected chi connectivity index (χ2v) is 6.65. The van der Waals surface area contributed by atoms with Crippen LogP contribution in [0.2, 0.25) is 10.0 Å². The third-order valence-corrected chi connectivity index (χ3v) is 4.62. The highest BCUT2D eigenvalue weighted by Gasteiger charge is 2.18. The highest BCUT2D eigenvalue weighted by molar-refractivity contribution is 6.33. The van der Waals surface area contributed by atoms with Gasteiger partial charge in [-0.3, -0.25) is 0 Å². The Balaban J connectivity index is 1.92. The molecule has 1 fully saturated rings. The van der Waals surface area contributed by atoms with Crippen LogP contribution in [-0.2, 0) is 11.2 Å². The van der Waals surface area contributed by atoms with Gasteiger partial charge in [-0.15, -0.1) is 0 Å². The van der Waals surface area contributed by atoms with Crippen LogP contribution in [-0.4, -0.2) is 25.3 Å². The van der Waals surface area contributed by atoms with Crippen molar-refractivity contribution in [3.8, 4) is 0 Å². The Hall–Kier alpha value is -0.280. The fourth-order valence-electron chi connectivity index (χ4n) is 2.85. The smallest absolute Gasteiger partial charge is 0.0576 e. The Kier molecular flexibility index (Phi) is 7.31. The zero-order chi connectivity index (χ0) is 15.1. The van der Waals surface area contributed by atoms with Crippen LogP contribution < -0.4 is 5.32 Å². The zero-order valence-corrected chi connectivity index (χ0v) is 14.2. The maximum Gasteiger partial charge on any atom is 0.0576 e. The standard InChI is InChI=1S/C17H25Cl2NO/c1-2-9-20-15(6-7-16-4-3-10-21-16)12-13-11-14(18)5-8-17(13)19/h5,8,11,15-16,20H,2-4,6-7,9-10,12H2,1H3. The van der Waals surface area contributed by atoms with E-state index in [1.807, 2.05) is 18.2 Å². The number of hydrogen-bond acceptors (Lipinski definition) is 2. The van der Waals surface area contributed by atoms with E-state index in [1.54, 1.807) is 0 Å². The number of hydrogen-bond donors (Lipinski definition) is 1. The quantitative estimate of drug-likeness (QED) is 0.735. The van der Waals surface area contributed by atoms with Crippen molar-refractivity contribution in [2.75, 3.05) is 13.2 Å². The van der Waals surface area contributed by atoms with Crippen LogP contribution >= 0.6 is 23.2 Å². The van der Waals surface area contributed by atoms with Crippen LogP contribution in [0.1, 0.15) is 44.6 Å². The molecular formula is C17H25Cl2NO. The average Bonchev–Trinajstić information content (AvgIpc) is 2.99. The molecule has 0 aromatic heterocycles. The maximum absolute atomic E-state index is 6.29. The van der Waals surface area contributed by atoms with Crippen molar-refractivity contribution in [2.24, 2.45) is 0 Å². The first-order valence-corrected chi connectivity index (χ1v) is 8.73. The van der Waals surface area contributed by atoms with E-state index in [2.05, 4.69) is 12.2 Å². The van der Waals surface area contributed by atoms with Crippen molar-refractivity contribution >= 4 is 23.2 Å². The summed E-state index contributed by atoms with van der Waals surface area (Å²) in [4.78, 5) is 0.